The fraction of sp³-hybridized carbons (Fsp3) is 0.133. The van der Waals surface area contributed by atoms with E-state index in [1.807, 2.05) is 48.5 Å². The SMILES string of the molecule is C=CC(=O)N1CCN(c2ccc(NC(=O)c3ccc4c(c3)C(=O)C(c3c(O)[nH]c5ccccc35)=N4)cc2)CC1. The number of benzene rings is 3. The van der Waals surface area contributed by atoms with Gasteiger partial charge >= 0.3 is 0 Å². The summed E-state index contributed by atoms with van der Waals surface area (Å²) in [6, 6.07) is 19.6. The molecule has 0 spiro atoms. The van der Waals surface area contributed by atoms with E-state index in [-0.39, 0.29) is 29.2 Å². The first-order chi connectivity index (χ1) is 18.9. The van der Waals surface area contributed by atoms with E-state index in [1.54, 1.807) is 17.0 Å². The number of hydrogen-bond donors (Lipinski definition) is 3. The molecule has 4 aromatic rings. The number of aromatic nitrogens is 1. The van der Waals surface area contributed by atoms with E-state index < -0.39 is 0 Å². The standard InChI is InChI=1S/C30H25N5O4/c1-2-25(36)35-15-13-34(14-16-35)20-10-8-19(9-11-20)31-29(38)18-7-12-24-22(17-18)28(37)27(32-24)26-21-5-3-4-6-23(21)33-30(26)39/h2-12,17,33,39H,1,13-16H2,(H,31,38). The van der Waals surface area contributed by atoms with Gasteiger partial charge in [0.2, 0.25) is 11.7 Å². The summed E-state index contributed by atoms with van der Waals surface area (Å²) in [5, 5.41) is 14.0. The maximum absolute atomic E-state index is 13.3. The number of ketones is 1. The minimum absolute atomic E-state index is 0.0557. The first-order valence-corrected chi connectivity index (χ1v) is 12.6. The number of nitrogens with one attached hydrogen (secondary N) is 2. The molecule has 3 aromatic carbocycles. The number of aromatic hydroxyl groups is 1. The van der Waals surface area contributed by atoms with Crippen molar-refractivity contribution in [3.05, 3.63) is 96.1 Å². The Bertz CT molecular complexity index is 1680. The predicted molar refractivity (Wildman–Crippen MR) is 150 cm³/mol. The number of carbonyl (C=O) groups is 3. The van der Waals surface area contributed by atoms with Crippen molar-refractivity contribution in [2.24, 2.45) is 4.99 Å². The molecule has 194 valence electrons. The van der Waals surface area contributed by atoms with Crippen molar-refractivity contribution in [2.75, 3.05) is 36.4 Å². The number of anilines is 2. The first kappa shape index (κ1) is 24.2. The molecule has 2 aliphatic rings. The average Bonchev–Trinajstić information content (AvgIpc) is 3.47. The lowest BCUT2D eigenvalue weighted by molar-refractivity contribution is -0.126. The molecule has 2 aliphatic heterocycles. The number of H-pyrrole nitrogens is 1. The summed E-state index contributed by atoms with van der Waals surface area (Å²) in [4.78, 5) is 49.4. The molecule has 0 unspecified atom stereocenters. The summed E-state index contributed by atoms with van der Waals surface area (Å²) in [5.41, 5.74) is 3.92. The lowest BCUT2D eigenvalue weighted by Crippen LogP contribution is -2.48. The Balaban J connectivity index is 1.14. The second kappa shape index (κ2) is 9.60. The number of Topliss-reactive ketones (excluding diaryl/α,β-unsaturated/α-hetero) is 1. The monoisotopic (exact) mass is 519 g/mol. The highest BCUT2D eigenvalue weighted by molar-refractivity contribution is 6.56. The van der Waals surface area contributed by atoms with Crippen LogP contribution in [0.2, 0.25) is 0 Å². The van der Waals surface area contributed by atoms with Crippen molar-refractivity contribution in [3.8, 4) is 5.88 Å². The van der Waals surface area contributed by atoms with Crippen molar-refractivity contribution in [2.45, 2.75) is 0 Å². The molecule has 0 bridgehead atoms. The van der Waals surface area contributed by atoms with E-state index in [2.05, 4.69) is 26.8 Å². The van der Waals surface area contributed by atoms with Crippen LogP contribution in [0.4, 0.5) is 17.1 Å². The van der Waals surface area contributed by atoms with Gasteiger partial charge in [-0.1, -0.05) is 24.8 Å². The summed E-state index contributed by atoms with van der Waals surface area (Å²) >= 11 is 0. The van der Waals surface area contributed by atoms with Crippen LogP contribution >= 0.6 is 0 Å². The molecule has 1 aromatic heterocycles. The van der Waals surface area contributed by atoms with E-state index in [1.165, 1.54) is 12.1 Å². The molecule has 0 aliphatic carbocycles. The molecule has 1 fully saturated rings. The van der Waals surface area contributed by atoms with E-state index >= 15 is 0 Å². The largest absolute Gasteiger partial charge is 0.494 e. The maximum Gasteiger partial charge on any atom is 0.255 e. The molecular weight excluding hydrogens is 494 g/mol. The molecule has 39 heavy (non-hydrogen) atoms. The van der Waals surface area contributed by atoms with Crippen LogP contribution in [0.3, 0.4) is 0 Å². The van der Waals surface area contributed by atoms with Gasteiger partial charge in [-0.05, 0) is 54.6 Å². The van der Waals surface area contributed by atoms with Gasteiger partial charge in [0.25, 0.3) is 5.91 Å². The predicted octanol–water partition coefficient (Wildman–Crippen LogP) is 4.28. The number of para-hydroxylation sites is 1. The Morgan fingerprint density at radius 2 is 1.74 bits per heavy atom. The quantitative estimate of drug-likeness (QED) is 0.340. The van der Waals surface area contributed by atoms with Crippen LogP contribution in [-0.2, 0) is 4.79 Å². The van der Waals surface area contributed by atoms with Crippen LogP contribution in [0.15, 0.2) is 84.4 Å². The zero-order chi connectivity index (χ0) is 27.1. The molecule has 0 atom stereocenters. The van der Waals surface area contributed by atoms with Gasteiger partial charge in [0.15, 0.2) is 5.88 Å². The number of hydrogen-bond acceptors (Lipinski definition) is 6. The molecule has 6 rings (SSSR count). The molecule has 3 N–H and O–H groups in total. The second-order valence-electron chi connectivity index (χ2n) is 9.43. The third kappa shape index (κ3) is 4.33. The molecular formula is C30H25N5O4. The number of fused-ring (bicyclic) bond motifs is 2. The highest BCUT2D eigenvalue weighted by Gasteiger charge is 2.31. The van der Waals surface area contributed by atoms with Gasteiger partial charge in [-0.3, -0.25) is 14.4 Å². The van der Waals surface area contributed by atoms with Gasteiger partial charge in [0.05, 0.1) is 16.8 Å². The number of rotatable bonds is 5. The Labute approximate surface area is 224 Å². The molecule has 1 saturated heterocycles. The zero-order valence-electron chi connectivity index (χ0n) is 21.0. The molecule has 9 nitrogen and oxygen atoms in total. The van der Waals surface area contributed by atoms with Crippen LogP contribution in [-0.4, -0.2) is 64.5 Å². The number of aliphatic imine (C=N–C) groups is 1. The number of nitrogens with zero attached hydrogens (tertiary/aromatic N) is 3. The lowest BCUT2D eigenvalue weighted by atomic mass is 10.00. The number of piperazine rings is 1. The van der Waals surface area contributed by atoms with E-state index in [0.29, 0.717) is 52.1 Å². The Morgan fingerprint density at radius 1 is 1.00 bits per heavy atom. The number of amides is 2. The maximum atomic E-state index is 13.3. The Morgan fingerprint density at radius 3 is 2.49 bits per heavy atom. The summed E-state index contributed by atoms with van der Waals surface area (Å²) in [6.45, 7) is 6.24. The number of carbonyl (C=O) groups excluding carboxylic acids is 3. The minimum Gasteiger partial charge on any atom is -0.494 e. The average molecular weight is 520 g/mol. The fourth-order valence-electron chi connectivity index (χ4n) is 5.07. The summed E-state index contributed by atoms with van der Waals surface area (Å²) < 4.78 is 0. The summed E-state index contributed by atoms with van der Waals surface area (Å²) in [6.07, 6.45) is 1.34. The van der Waals surface area contributed by atoms with Gasteiger partial charge in [-0.15, -0.1) is 0 Å². The van der Waals surface area contributed by atoms with Crippen molar-refractivity contribution >= 4 is 51.3 Å². The van der Waals surface area contributed by atoms with Gasteiger partial charge < -0.3 is 25.2 Å². The molecule has 2 amide bonds. The van der Waals surface area contributed by atoms with Gasteiger partial charge in [0, 0.05) is 54.0 Å². The minimum atomic E-state index is -0.349. The molecule has 3 heterocycles. The van der Waals surface area contributed by atoms with Crippen LogP contribution in [0.25, 0.3) is 10.9 Å². The normalized spacial score (nSPS) is 14.8. The van der Waals surface area contributed by atoms with Crippen LogP contribution in [0, 0.1) is 0 Å². The lowest BCUT2D eigenvalue weighted by Gasteiger charge is -2.35. The smallest absolute Gasteiger partial charge is 0.255 e. The third-order valence-electron chi connectivity index (χ3n) is 7.13. The van der Waals surface area contributed by atoms with E-state index in [4.69, 9.17) is 0 Å². The van der Waals surface area contributed by atoms with Crippen molar-refractivity contribution < 1.29 is 19.5 Å². The first-order valence-electron chi connectivity index (χ1n) is 12.6. The molecule has 0 radical (unpaired) electrons. The van der Waals surface area contributed by atoms with E-state index in [9.17, 15) is 19.5 Å². The van der Waals surface area contributed by atoms with Gasteiger partial charge in [-0.25, -0.2) is 4.99 Å². The summed E-state index contributed by atoms with van der Waals surface area (Å²) in [7, 11) is 0. The zero-order valence-corrected chi connectivity index (χ0v) is 21.0. The Kier molecular flexibility index (Phi) is 5.95. The van der Waals surface area contributed by atoms with Crippen molar-refractivity contribution in [1.29, 1.82) is 0 Å². The van der Waals surface area contributed by atoms with Crippen molar-refractivity contribution in [3.63, 3.8) is 0 Å². The third-order valence-corrected chi connectivity index (χ3v) is 7.13. The summed E-state index contributed by atoms with van der Waals surface area (Å²) in [5.74, 6) is -0.873. The topological polar surface area (TPSA) is 118 Å². The van der Waals surface area contributed by atoms with Crippen molar-refractivity contribution in [1.82, 2.24) is 9.88 Å². The van der Waals surface area contributed by atoms with Crippen LogP contribution < -0.4 is 10.2 Å². The van der Waals surface area contributed by atoms with E-state index in [0.717, 1.165) is 18.8 Å². The van der Waals surface area contributed by atoms with Gasteiger partial charge in [0.1, 0.15) is 5.71 Å². The second-order valence-corrected chi connectivity index (χ2v) is 9.43. The van der Waals surface area contributed by atoms with Gasteiger partial charge in [-0.2, -0.15) is 0 Å². The highest BCUT2D eigenvalue weighted by Crippen LogP contribution is 2.35. The molecule has 9 heteroatoms. The fourth-order valence-corrected chi connectivity index (χ4v) is 5.07. The molecule has 0 saturated carbocycles. The Hall–Kier alpha value is -5.18. The van der Waals surface area contributed by atoms with Crippen LogP contribution in [0.5, 0.6) is 5.88 Å². The number of aromatic amines is 1. The highest BCUT2D eigenvalue weighted by atomic mass is 16.3. The van der Waals surface area contributed by atoms with Crippen LogP contribution in [0.1, 0.15) is 26.3 Å².